The molecule has 0 bridgehead atoms. The molecule has 0 N–H and O–H groups in total. The Bertz CT molecular complexity index is 888. The van der Waals surface area contributed by atoms with E-state index in [1.165, 1.54) is 18.1 Å². The summed E-state index contributed by atoms with van der Waals surface area (Å²) in [5.74, 6) is 0.985. The number of amides is 1. The fraction of sp³-hybridized carbons (Fsp3) is 0.421. The molecule has 9 nitrogen and oxygen atoms in total. The SMILES string of the molecule is COCCOC(=O)N1CCOc2ncc(N(C)Sc3cc(Cl)cnc3OC)cc2C1. The first kappa shape index (κ1) is 22.3. The van der Waals surface area contributed by atoms with Gasteiger partial charge in [-0.2, -0.15) is 0 Å². The highest BCUT2D eigenvalue weighted by Gasteiger charge is 2.23. The summed E-state index contributed by atoms with van der Waals surface area (Å²) >= 11 is 7.47. The van der Waals surface area contributed by atoms with E-state index >= 15 is 0 Å². The molecule has 162 valence electrons. The van der Waals surface area contributed by atoms with Crippen molar-refractivity contribution in [2.75, 3.05) is 51.9 Å². The van der Waals surface area contributed by atoms with E-state index in [1.54, 1.807) is 31.4 Å². The van der Waals surface area contributed by atoms with Crippen LogP contribution >= 0.6 is 23.5 Å². The van der Waals surface area contributed by atoms with Crippen LogP contribution in [0, 0.1) is 0 Å². The highest BCUT2D eigenvalue weighted by molar-refractivity contribution is 8.00. The molecule has 1 aliphatic heterocycles. The summed E-state index contributed by atoms with van der Waals surface area (Å²) in [6.45, 7) is 1.64. The van der Waals surface area contributed by atoms with E-state index in [-0.39, 0.29) is 6.61 Å². The molecule has 0 radical (unpaired) electrons. The maximum atomic E-state index is 12.3. The summed E-state index contributed by atoms with van der Waals surface area (Å²) in [6.07, 6.45) is 2.83. The van der Waals surface area contributed by atoms with Gasteiger partial charge in [-0.05, 0) is 24.1 Å². The lowest BCUT2D eigenvalue weighted by Crippen LogP contribution is -2.33. The van der Waals surface area contributed by atoms with Crippen molar-refractivity contribution in [3.05, 3.63) is 35.1 Å². The monoisotopic (exact) mass is 454 g/mol. The van der Waals surface area contributed by atoms with E-state index < -0.39 is 6.09 Å². The number of halogens is 1. The summed E-state index contributed by atoms with van der Waals surface area (Å²) in [4.78, 5) is 23.3. The standard InChI is InChI=1S/C19H23ClN4O5S/c1-23(30-16-9-14(20)10-21-18(16)27-3)15-8-13-12-24(19(25)29-7-6-26-2)4-5-28-17(13)22-11-15/h8-11H,4-7,12H2,1-3H3. The Balaban J connectivity index is 1.74. The van der Waals surface area contributed by atoms with Crippen LogP contribution < -0.4 is 13.8 Å². The second-order valence-corrected chi connectivity index (χ2v) is 7.89. The normalized spacial score (nSPS) is 13.1. The summed E-state index contributed by atoms with van der Waals surface area (Å²) in [6, 6.07) is 3.72. The molecular formula is C19H23ClN4O5S. The van der Waals surface area contributed by atoms with Crippen LogP contribution in [0.5, 0.6) is 11.8 Å². The molecular weight excluding hydrogens is 432 g/mol. The van der Waals surface area contributed by atoms with E-state index in [1.807, 2.05) is 17.4 Å². The predicted molar refractivity (Wildman–Crippen MR) is 113 cm³/mol. The molecule has 11 heteroatoms. The van der Waals surface area contributed by atoms with Gasteiger partial charge in [0.05, 0.1) is 48.6 Å². The molecule has 0 unspecified atom stereocenters. The molecule has 0 saturated carbocycles. The van der Waals surface area contributed by atoms with Crippen LogP contribution in [0.3, 0.4) is 0 Å². The number of anilines is 1. The zero-order valence-electron chi connectivity index (χ0n) is 17.0. The number of rotatable bonds is 7. The summed E-state index contributed by atoms with van der Waals surface area (Å²) in [7, 11) is 5.01. The first-order valence-electron chi connectivity index (χ1n) is 9.15. The van der Waals surface area contributed by atoms with Crippen molar-refractivity contribution < 1.29 is 23.7 Å². The summed E-state index contributed by atoms with van der Waals surface area (Å²) < 4.78 is 23.1. The summed E-state index contributed by atoms with van der Waals surface area (Å²) in [5.41, 5.74) is 1.61. The van der Waals surface area contributed by atoms with Crippen LogP contribution in [0.1, 0.15) is 5.56 Å². The number of hydrogen-bond donors (Lipinski definition) is 0. The molecule has 3 rings (SSSR count). The summed E-state index contributed by atoms with van der Waals surface area (Å²) in [5, 5.41) is 0.516. The molecule has 2 aromatic rings. The topological polar surface area (TPSA) is 86.2 Å². The Morgan fingerprint density at radius 1 is 1.30 bits per heavy atom. The zero-order valence-corrected chi connectivity index (χ0v) is 18.5. The number of aromatic nitrogens is 2. The van der Waals surface area contributed by atoms with Crippen LogP contribution in [0.25, 0.3) is 0 Å². The number of carbonyl (C=O) groups excluding carboxylic acids is 1. The second-order valence-electron chi connectivity index (χ2n) is 6.28. The maximum absolute atomic E-state index is 12.3. The van der Waals surface area contributed by atoms with Crippen molar-refractivity contribution in [1.29, 1.82) is 0 Å². The number of nitrogens with zero attached hydrogens (tertiary/aromatic N) is 4. The molecule has 2 aromatic heterocycles. The number of methoxy groups -OCH3 is 2. The molecule has 0 fully saturated rings. The quantitative estimate of drug-likeness (QED) is 0.462. The van der Waals surface area contributed by atoms with Crippen LogP contribution in [0.4, 0.5) is 10.5 Å². The molecule has 1 aliphatic rings. The van der Waals surface area contributed by atoms with Gasteiger partial charge in [0.25, 0.3) is 0 Å². The second kappa shape index (κ2) is 10.6. The fourth-order valence-corrected chi connectivity index (χ4v) is 3.84. The number of hydrogen-bond acceptors (Lipinski definition) is 9. The van der Waals surface area contributed by atoms with Crippen LogP contribution in [-0.2, 0) is 16.0 Å². The predicted octanol–water partition coefficient (Wildman–Crippen LogP) is 3.26. The lowest BCUT2D eigenvalue weighted by molar-refractivity contribution is 0.0687. The van der Waals surface area contributed by atoms with Gasteiger partial charge in [-0.25, -0.2) is 14.8 Å². The fourth-order valence-electron chi connectivity index (χ4n) is 2.72. The number of fused-ring (bicyclic) bond motifs is 1. The first-order chi connectivity index (χ1) is 14.5. The Kier molecular flexibility index (Phi) is 7.83. The third kappa shape index (κ3) is 5.59. The van der Waals surface area contributed by atoms with E-state index in [9.17, 15) is 4.79 Å². The van der Waals surface area contributed by atoms with Gasteiger partial charge in [-0.15, -0.1) is 0 Å². The van der Waals surface area contributed by atoms with Crippen molar-refractivity contribution in [2.45, 2.75) is 11.4 Å². The average molecular weight is 455 g/mol. The molecule has 30 heavy (non-hydrogen) atoms. The molecule has 0 saturated heterocycles. The minimum atomic E-state index is -0.411. The Morgan fingerprint density at radius 2 is 2.13 bits per heavy atom. The van der Waals surface area contributed by atoms with Crippen LogP contribution in [0.2, 0.25) is 5.02 Å². The van der Waals surface area contributed by atoms with Gasteiger partial charge >= 0.3 is 6.09 Å². The van der Waals surface area contributed by atoms with E-state index in [0.717, 1.165) is 16.1 Å². The van der Waals surface area contributed by atoms with Gasteiger partial charge < -0.3 is 28.2 Å². The van der Waals surface area contributed by atoms with Crippen LogP contribution in [0.15, 0.2) is 29.4 Å². The first-order valence-corrected chi connectivity index (χ1v) is 10.3. The molecule has 0 aliphatic carbocycles. The van der Waals surface area contributed by atoms with E-state index in [2.05, 4.69) is 9.97 Å². The number of pyridine rings is 2. The highest BCUT2D eigenvalue weighted by atomic mass is 35.5. The molecule has 1 amide bonds. The van der Waals surface area contributed by atoms with Crippen LogP contribution in [-0.4, -0.2) is 68.6 Å². The van der Waals surface area contributed by atoms with Gasteiger partial charge in [0.2, 0.25) is 11.8 Å². The Hall–Kier alpha value is -2.43. The maximum Gasteiger partial charge on any atom is 0.410 e. The van der Waals surface area contributed by atoms with Crippen molar-refractivity contribution in [1.82, 2.24) is 14.9 Å². The van der Waals surface area contributed by atoms with Crippen molar-refractivity contribution in [2.24, 2.45) is 0 Å². The van der Waals surface area contributed by atoms with Gasteiger partial charge in [0, 0.05) is 25.9 Å². The molecule has 0 atom stereocenters. The van der Waals surface area contributed by atoms with Gasteiger partial charge in [-0.3, -0.25) is 0 Å². The molecule has 3 heterocycles. The van der Waals surface area contributed by atoms with Gasteiger partial charge in [0.15, 0.2) is 0 Å². The third-order valence-corrected chi connectivity index (χ3v) is 5.40. The minimum absolute atomic E-state index is 0.201. The van der Waals surface area contributed by atoms with Gasteiger partial charge in [-0.1, -0.05) is 11.6 Å². The smallest absolute Gasteiger partial charge is 0.410 e. The van der Waals surface area contributed by atoms with Crippen molar-refractivity contribution in [3.8, 4) is 11.8 Å². The van der Waals surface area contributed by atoms with E-state index in [4.69, 9.17) is 30.5 Å². The molecule has 0 aromatic carbocycles. The lowest BCUT2D eigenvalue weighted by atomic mass is 10.2. The Morgan fingerprint density at radius 3 is 2.90 bits per heavy atom. The average Bonchev–Trinajstić information content (AvgIpc) is 2.96. The highest BCUT2D eigenvalue weighted by Crippen LogP contribution is 2.35. The number of ether oxygens (including phenoxy) is 4. The van der Waals surface area contributed by atoms with Crippen molar-refractivity contribution in [3.63, 3.8) is 0 Å². The van der Waals surface area contributed by atoms with E-state index in [0.29, 0.717) is 43.1 Å². The largest absolute Gasteiger partial charge is 0.480 e. The number of carbonyl (C=O) groups is 1. The van der Waals surface area contributed by atoms with Crippen molar-refractivity contribution >= 4 is 35.3 Å². The lowest BCUT2D eigenvalue weighted by Gasteiger charge is -2.21. The Labute approximate surface area is 184 Å². The minimum Gasteiger partial charge on any atom is -0.480 e. The molecule has 0 spiro atoms. The van der Waals surface area contributed by atoms with Gasteiger partial charge in [0.1, 0.15) is 13.2 Å². The zero-order chi connectivity index (χ0) is 21.5. The third-order valence-electron chi connectivity index (χ3n) is 4.22.